The Bertz CT molecular complexity index is 1000. The number of Topliss-reactive ketones (excluding diaryl/α,β-unsaturated/α-hetero) is 1. The van der Waals surface area contributed by atoms with Crippen molar-refractivity contribution in [2.45, 2.75) is 96.1 Å². The van der Waals surface area contributed by atoms with Crippen molar-refractivity contribution in [1.29, 1.82) is 0 Å². The molecule has 2 aliphatic carbocycles. The molecule has 0 spiro atoms. The molecule has 0 heterocycles. The number of aliphatic hydroxyl groups is 2. The number of aliphatic hydroxyl groups excluding tert-OH is 2. The Kier molecular flexibility index (Phi) is 10.4. The summed E-state index contributed by atoms with van der Waals surface area (Å²) in [6.45, 7) is 2.86. The molecule has 2 saturated carbocycles. The molecule has 6 unspecified atom stereocenters. The third-order valence-corrected chi connectivity index (χ3v) is 9.32. The lowest BCUT2D eigenvalue weighted by Gasteiger charge is -2.23. The van der Waals surface area contributed by atoms with Crippen LogP contribution in [0.5, 0.6) is 0 Å². The van der Waals surface area contributed by atoms with E-state index in [4.69, 9.17) is 5.73 Å². The van der Waals surface area contributed by atoms with Crippen molar-refractivity contribution < 1.29 is 15.0 Å². The van der Waals surface area contributed by atoms with Crippen molar-refractivity contribution >= 4 is 5.78 Å². The Morgan fingerprint density at radius 2 is 1.76 bits per heavy atom. The smallest absolute Gasteiger partial charge is 0.165 e. The van der Waals surface area contributed by atoms with Crippen LogP contribution in [0.25, 0.3) is 0 Å². The highest BCUT2D eigenvalue weighted by Crippen LogP contribution is 2.38. The van der Waals surface area contributed by atoms with Gasteiger partial charge in [0.15, 0.2) is 5.78 Å². The van der Waals surface area contributed by atoms with E-state index in [0.29, 0.717) is 30.7 Å². The molecule has 4 nitrogen and oxygen atoms in total. The Balaban J connectivity index is 1.37. The first-order valence-electron chi connectivity index (χ1n) is 14.7. The van der Waals surface area contributed by atoms with E-state index in [1.54, 1.807) is 0 Å². The Labute approximate surface area is 223 Å². The first kappa shape index (κ1) is 28.0. The maximum atomic E-state index is 13.6. The van der Waals surface area contributed by atoms with Gasteiger partial charge in [-0.2, -0.15) is 0 Å². The Morgan fingerprint density at radius 3 is 2.57 bits per heavy atom. The fourth-order valence-corrected chi connectivity index (χ4v) is 7.02. The predicted molar refractivity (Wildman–Crippen MR) is 150 cm³/mol. The largest absolute Gasteiger partial charge is 0.396 e. The summed E-state index contributed by atoms with van der Waals surface area (Å²) < 4.78 is 0. The topological polar surface area (TPSA) is 83.5 Å². The molecule has 0 bridgehead atoms. The second-order valence-corrected chi connectivity index (χ2v) is 11.8. The van der Waals surface area contributed by atoms with E-state index >= 15 is 0 Å². The lowest BCUT2D eigenvalue weighted by Crippen LogP contribution is -2.22. The van der Waals surface area contributed by atoms with Gasteiger partial charge < -0.3 is 15.9 Å². The molecule has 0 amide bonds. The fourth-order valence-electron chi connectivity index (χ4n) is 7.02. The lowest BCUT2D eigenvalue weighted by molar-refractivity contribution is 0.0791. The standard InChI is InChI=1S/C33H47NO3/c1-23(27-9-5-10-28(15-14-27)29-11-3-8-26(21-29)22-34)33(37)31-12-2-6-25(20-31)18-24-7-4-13-32(36)30(19-24)16-17-35/h2-3,6,8,11-12,20-21,23-24,27-28,30,32,35-36H,4-5,7,9-10,13-19,22,34H2,1H3. The minimum Gasteiger partial charge on any atom is -0.396 e. The maximum absolute atomic E-state index is 13.6. The van der Waals surface area contributed by atoms with Crippen LogP contribution in [-0.2, 0) is 13.0 Å². The van der Waals surface area contributed by atoms with E-state index in [1.165, 1.54) is 29.5 Å². The van der Waals surface area contributed by atoms with Gasteiger partial charge in [0, 0.05) is 24.6 Å². The van der Waals surface area contributed by atoms with E-state index in [1.807, 2.05) is 12.1 Å². The zero-order valence-electron chi connectivity index (χ0n) is 22.7. The van der Waals surface area contributed by atoms with Crippen LogP contribution in [0.3, 0.4) is 0 Å². The summed E-state index contributed by atoms with van der Waals surface area (Å²) in [5.74, 6) is 1.99. The molecule has 6 atom stereocenters. The van der Waals surface area contributed by atoms with Crippen molar-refractivity contribution in [1.82, 2.24) is 0 Å². The summed E-state index contributed by atoms with van der Waals surface area (Å²) in [7, 11) is 0. The SMILES string of the molecule is CC(C(=O)c1cccc(CC2CCCC(O)C(CCO)C2)c1)C1CCCC(c2cccc(CN)c2)CC1. The second kappa shape index (κ2) is 13.7. The van der Waals surface area contributed by atoms with Crippen molar-refractivity contribution in [2.75, 3.05) is 6.61 Å². The average molecular weight is 506 g/mol. The van der Waals surface area contributed by atoms with Crippen LogP contribution in [0, 0.1) is 23.7 Å². The van der Waals surface area contributed by atoms with Gasteiger partial charge in [-0.05, 0) is 97.8 Å². The Morgan fingerprint density at radius 1 is 0.973 bits per heavy atom. The van der Waals surface area contributed by atoms with Crippen LogP contribution < -0.4 is 5.73 Å². The molecule has 0 aliphatic heterocycles. The van der Waals surface area contributed by atoms with E-state index in [-0.39, 0.29) is 30.3 Å². The molecule has 4 heteroatoms. The molecule has 37 heavy (non-hydrogen) atoms. The number of carbonyl (C=O) groups excluding carboxylic acids is 1. The van der Waals surface area contributed by atoms with Gasteiger partial charge >= 0.3 is 0 Å². The third-order valence-electron chi connectivity index (χ3n) is 9.32. The summed E-state index contributed by atoms with van der Waals surface area (Å²) in [4.78, 5) is 13.6. The number of hydrogen-bond acceptors (Lipinski definition) is 4. The van der Waals surface area contributed by atoms with Crippen molar-refractivity contribution in [3.05, 3.63) is 70.8 Å². The van der Waals surface area contributed by atoms with Gasteiger partial charge in [0.05, 0.1) is 6.10 Å². The molecule has 2 fully saturated rings. The summed E-state index contributed by atoms with van der Waals surface area (Å²) in [6, 6.07) is 17.0. The zero-order chi connectivity index (χ0) is 26.2. The summed E-state index contributed by atoms with van der Waals surface area (Å²) in [5, 5.41) is 19.8. The third kappa shape index (κ3) is 7.52. The van der Waals surface area contributed by atoms with Gasteiger partial charge in [-0.3, -0.25) is 4.79 Å². The van der Waals surface area contributed by atoms with Gasteiger partial charge in [0.25, 0.3) is 0 Å². The molecule has 0 saturated heterocycles. The zero-order valence-corrected chi connectivity index (χ0v) is 22.7. The Hall–Kier alpha value is -2.01. The second-order valence-electron chi connectivity index (χ2n) is 11.8. The first-order chi connectivity index (χ1) is 18.0. The molecule has 0 aromatic heterocycles. The molecule has 202 valence electrons. The van der Waals surface area contributed by atoms with Gasteiger partial charge in [-0.1, -0.05) is 68.7 Å². The highest BCUT2D eigenvalue weighted by molar-refractivity contribution is 5.98. The summed E-state index contributed by atoms with van der Waals surface area (Å²) in [5.41, 5.74) is 10.5. The molecule has 2 aliphatic rings. The highest BCUT2D eigenvalue weighted by Gasteiger charge is 2.29. The number of benzene rings is 2. The normalized spacial score (nSPS) is 27.7. The van der Waals surface area contributed by atoms with Crippen LogP contribution in [-0.4, -0.2) is 28.7 Å². The average Bonchev–Trinajstić information content (AvgIpc) is 3.27. The minimum atomic E-state index is -0.297. The van der Waals surface area contributed by atoms with Crippen molar-refractivity contribution in [2.24, 2.45) is 29.4 Å². The monoisotopic (exact) mass is 505 g/mol. The van der Waals surface area contributed by atoms with E-state index in [0.717, 1.165) is 56.9 Å². The quantitative estimate of drug-likeness (QED) is 0.271. The van der Waals surface area contributed by atoms with Crippen molar-refractivity contribution in [3.63, 3.8) is 0 Å². The van der Waals surface area contributed by atoms with Gasteiger partial charge in [0.2, 0.25) is 0 Å². The number of nitrogens with two attached hydrogens (primary N) is 1. The molecule has 4 rings (SSSR count). The molecule has 2 aromatic carbocycles. The number of ketones is 1. The van der Waals surface area contributed by atoms with Crippen molar-refractivity contribution in [3.8, 4) is 0 Å². The van der Waals surface area contributed by atoms with E-state index in [2.05, 4.69) is 43.3 Å². The van der Waals surface area contributed by atoms with Gasteiger partial charge in [-0.25, -0.2) is 0 Å². The lowest BCUT2D eigenvalue weighted by atomic mass is 9.81. The van der Waals surface area contributed by atoms with Gasteiger partial charge in [0.1, 0.15) is 0 Å². The van der Waals surface area contributed by atoms with Gasteiger partial charge in [-0.15, -0.1) is 0 Å². The van der Waals surface area contributed by atoms with Crippen LogP contribution >= 0.6 is 0 Å². The maximum Gasteiger partial charge on any atom is 0.165 e. The summed E-state index contributed by atoms with van der Waals surface area (Å²) >= 11 is 0. The first-order valence-corrected chi connectivity index (χ1v) is 14.7. The summed E-state index contributed by atoms with van der Waals surface area (Å²) in [6.07, 6.45) is 11.0. The van der Waals surface area contributed by atoms with Crippen LogP contribution in [0.15, 0.2) is 48.5 Å². The molecule has 2 aromatic rings. The number of hydrogen-bond donors (Lipinski definition) is 3. The van der Waals surface area contributed by atoms with E-state index in [9.17, 15) is 15.0 Å². The molecule has 0 radical (unpaired) electrons. The van der Waals surface area contributed by atoms with Crippen LogP contribution in [0.1, 0.15) is 104 Å². The number of carbonyl (C=O) groups is 1. The molecular formula is C33H47NO3. The van der Waals surface area contributed by atoms with E-state index < -0.39 is 0 Å². The molecule has 4 N–H and O–H groups in total. The van der Waals surface area contributed by atoms with Crippen LogP contribution in [0.4, 0.5) is 0 Å². The predicted octanol–water partition coefficient (Wildman–Crippen LogP) is 6.42. The number of rotatable bonds is 9. The molecular weight excluding hydrogens is 458 g/mol. The highest BCUT2D eigenvalue weighted by atomic mass is 16.3. The minimum absolute atomic E-state index is 0.0336. The fraction of sp³-hybridized carbons (Fsp3) is 0.606. The van der Waals surface area contributed by atoms with Crippen LogP contribution in [0.2, 0.25) is 0 Å².